The van der Waals surface area contributed by atoms with E-state index in [1.165, 1.54) is 20.3 Å². The van der Waals surface area contributed by atoms with Gasteiger partial charge in [-0.25, -0.2) is 4.79 Å². The minimum Gasteiger partial charge on any atom is -0.312 e. The molecule has 1 unspecified atom stereocenters. The Kier molecular flexibility index (Phi) is 5.86. The maximum Gasteiger partial charge on any atom is 0.332 e. The zero-order valence-electron chi connectivity index (χ0n) is 20.1. The van der Waals surface area contributed by atoms with Crippen LogP contribution in [-0.2, 0) is 33.0 Å². The van der Waals surface area contributed by atoms with Crippen LogP contribution in [0, 0.1) is 5.92 Å². The number of imidazole rings is 1. The number of rotatable bonds is 6. The molecular weight excluding hydrogens is 426 g/mol. The summed E-state index contributed by atoms with van der Waals surface area (Å²) in [6, 6.07) is 18.6. The second kappa shape index (κ2) is 8.97. The molecule has 0 saturated carbocycles. The fourth-order valence-corrected chi connectivity index (χ4v) is 4.92. The van der Waals surface area contributed by atoms with Crippen LogP contribution in [0.5, 0.6) is 0 Å². The van der Waals surface area contributed by atoms with Crippen LogP contribution in [-0.4, -0.2) is 25.2 Å². The lowest BCUT2D eigenvalue weighted by Gasteiger charge is -2.33. The SMILES string of the molecule is CCc1ccc(N2CC(C)Cn3c2nc2c3c(=O)n(CCCc3ccccc3)c(=O)n2C)cc1. The topological polar surface area (TPSA) is 65.1 Å². The van der Waals surface area contributed by atoms with Gasteiger partial charge in [0.05, 0.1) is 0 Å². The molecule has 0 spiro atoms. The van der Waals surface area contributed by atoms with Crippen LogP contribution >= 0.6 is 0 Å². The average Bonchev–Trinajstić information content (AvgIpc) is 3.24. The maximum atomic E-state index is 13.6. The third kappa shape index (κ3) is 3.85. The van der Waals surface area contributed by atoms with E-state index in [1.54, 1.807) is 7.05 Å². The minimum absolute atomic E-state index is 0.250. The number of aromatic nitrogens is 4. The number of benzene rings is 2. The highest BCUT2D eigenvalue weighted by Crippen LogP contribution is 2.32. The van der Waals surface area contributed by atoms with Crippen molar-refractivity contribution >= 4 is 22.8 Å². The predicted molar refractivity (Wildman–Crippen MR) is 136 cm³/mol. The van der Waals surface area contributed by atoms with Crippen LogP contribution in [0.1, 0.15) is 31.4 Å². The van der Waals surface area contributed by atoms with E-state index in [0.29, 0.717) is 30.2 Å². The molecule has 0 radical (unpaired) electrons. The van der Waals surface area contributed by atoms with Crippen LogP contribution < -0.4 is 16.1 Å². The van der Waals surface area contributed by atoms with Gasteiger partial charge in [-0.3, -0.25) is 13.9 Å². The zero-order chi connectivity index (χ0) is 23.8. The molecule has 176 valence electrons. The first kappa shape index (κ1) is 22.2. The second-order valence-electron chi connectivity index (χ2n) is 9.32. The van der Waals surface area contributed by atoms with Crippen molar-refractivity contribution in [2.24, 2.45) is 13.0 Å². The first-order chi connectivity index (χ1) is 16.5. The van der Waals surface area contributed by atoms with Gasteiger partial charge in [0, 0.05) is 32.4 Å². The van der Waals surface area contributed by atoms with Crippen molar-refractivity contribution in [2.45, 2.75) is 46.2 Å². The molecule has 1 atom stereocenters. The number of aryl methyl sites for hydroxylation is 3. The maximum absolute atomic E-state index is 13.6. The largest absolute Gasteiger partial charge is 0.332 e. The highest BCUT2D eigenvalue weighted by atomic mass is 16.2. The first-order valence-electron chi connectivity index (χ1n) is 12.1. The molecule has 4 aromatic rings. The Morgan fingerprint density at radius 1 is 0.971 bits per heavy atom. The Hall–Kier alpha value is -3.61. The molecule has 5 rings (SSSR count). The van der Waals surface area contributed by atoms with Crippen LogP contribution in [0.3, 0.4) is 0 Å². The van der Waals surface area contributed by atoms with Crippen LogP contribution in [0.25, 0.3) is 11.2 Å². The molecule has 3 heterocycles. The quantitative estimate of drug-likeness (QED) is 0.441. The van der Waals surface area contributed by atoms with Gasteiger partial charge in [0.25, 0.3) is 5.56 Å². The molecule has 34 heavy (non-hydrogen) atoms. The van der Waals surface area contributed by atoms with E-state index in [9.17, 15) is 9.59 Å². The molecule has 0 amide bonds. The Balaban J connectivity index is 1.56. The third-order valence-electron chi connectivity index (χ3n) is 6.79. The molecule has 1 aliphatic rings. The van der Waals surface area contributed by atoms with Crippen molar-refractivity contribution in [3.8, 4) is 0 Å². The standard InChI is InChI=1S/C27H31N5O2/c1-4-20-12-14-22(15-13-20)31-17-19(2)18-32-23-24(28-26(31)32)29(3)27(34)30(25(23)33)16-8-11-21-9-6-5-7-10-21/h5-7,9-10,12-15,19H,4,8,11,16-18H2,1-3H3. The highest BCUT2D eigenvalue weighted by molar-refractivity contribution is 5.77. The Morgan fingerprint density at radius 2 is 1.71 bits per heavy atom. The predicted octanol–water partition coefficient (Wildman–Crippen LogP) is 3.88. The summed E-state index contributed by atoms with van der Waals surface area (Å²) in [6.45, 7) is 6.22. The lowest BCUT2D eigenvalue weighted by Crippen LogP contribution is -2.40. The lowest BCUT2D eigenvalue weighted by molar-refractivity contribution is 0.457. The third-order valence-corrected chi connectivity index (χ3v) is 6.79. The van der Waals surface area contributed by atoms with Gasteiger partial charge in [-0.2, -0.15) is 4.98 Å². The normalized spacial score (nSPS) is 15.6. The van der Waals surface area contributed by atoms with Crippen molar-refractivity contribution in [2.75, 3.05) is 11.4 Å². The zero-order valence-corrected chi connectivity index (χ0v) is 20.1. The van der Waals surface area contributed by atoms with E-state index in [-0.39, 0.29) is 11.2 Å². The summed E-state index contributed by atoms with van der Waals surface area (Å²) in [5.74, 6) is 1.06. The number of nitrogens with zero attached hydrogens (tertiary/aromatic N) is 5. The van der Waals surface area contributed by atoms with E-state index in [2.05, 4.69) is 55.1 Å². The summed E-state index contributed by atoms with van der Waals surface area (Å²) < 4.78 is 4.90. The van der Waals surface area contributed by atoms with E-state index in [4.69, 9.17) is 4.98 Å². The van der Waals surface area contributed by atoms with Crippen molar-refractivity contribution in [3.63, 3.8) is 0 Å². The molecule has 0 saturated heterocycles. The van der Waals surface area contributed by atoms with E-state index < -0.39 is 0 Å². The molecule has 0 fully saturated rings. The van der Waals surface area contributed by atoms with Gasteiger partial charge in [-0.1, -0.05) is 56.3 Å². The lowest BCUT2D eigenvalue weighted by atomic mass is 10.1. The van der Waals surface area contributed by atoms with Crippen molar-refractivity contribution in [3.05, 3.63) is 86.6 Å². The van der Waals surface area contributed by atoms with Crippen molar-refractivity contribution in [1.82, 2.24) is 18.7 Å². The number of hydrogen-bond acceptors (Lipinski definition) is 4. The van der Waals surface area contributed by atoms with Crippen molar-refractivity contribution in [1.29, 1.82) is 0 Å². The second-order valence-corrected chi connectivity index (χ2v) is 9.32. The van der Waals surface area contributed by atoms with Gasteiger partial charge in [0.15, 0.2) is 11.2 Å². The number of fused-ring (bicyclic) bond motifs is 3. The van der Waals surface area contributed by atoms with Gasteiger partial charge in [0.1, 0.15) is 0 Å². The number of anilines is 2. The summed E-state index contributed by atoms with van der Waals surface area (Å²) in [4.78, 5) is 33.7. The smallest absolute Gasteiger partial charge is 0.312 e. The van der Waals surface area contributed by atoms with Gasteiger partial charge in [-0.15, -0.1) is 0 Å². The van der Waals surface area contributed by atoms with Gasteiger partial charge in [-0.05, 0) is 48.4 Å². The summed E-state index contributed by atoms with van der Waals surface area (Å²) in [7, 11) is 1.71. The minimum atomic E-state index is -0.312. The van der Waals surface area contributed by atoms with Crippen LogP contribution in [0.15, 0.2) is 64.2 Å². The van der Waals surface area contributed by atoms with Crippen LogP contribution in [0.4, 0.5) is 11.6 Å². The van der Waals surface area contributed by atoms with Crippen molar-refractivity contribution < 1.29 is 0 Å². The molecule has 7 heteroatoms. The monoisotopic (exact) mass is 457 g/mol. The molecule has 7 nitrogen and oxygen atoms in total. The molecule has 2 aromatic carbocycles. The Bertz CT molecular complexity index is 1430. The Morgan fingerprint density at radius 3 is 2.41 bits per heavy atom. The molecule has 1 aliphatic heterocycles. The Labute approximate surface area is 198 Å². The van der Waals surface area contributed by atoms with Gasteiger partial charge in [0.2, 0.25) is 5.95 Å². The summed E-state index contributed by atoms with van der Waals surface area (Å²) >= 11 is 0. The molecule has 0 aliphatic carbocycles. The van der Waals surface area contributed by atoms with Gasteiger partial charge < -0.3 is 9.47 Å². The van der Waals surface area contributed by atoms with E-state index >= 15 is 0 Å². The molecular formula is C27H31N5O2. The fraction of sp³-hybridized carbons (Fsp3) is 0.370. The fourth-order valence-electron chi connectivity index (χ4n) is 4.92. The number of hydrogen-bond donors (Lipinski definition) is 0. The van der Waals surface area contributed by atoms with E-state index in [0.717, 1.165) is 37.4 Å². The molecule has 0 N–H and O–H groups in total. The summed E-state index contributed by atoms with van der Waals surface area (Å²) in [5.41, 5.74) is 3.94. The van der Waals surface area contributed by atoms with Crippen LogP contribution in [0.2, 0.25) is 0 Å². The molecule has 0 bridgehead atoms. The molecule has 2 aromatic heterocycles. The van der Waals surface area contributed by atoms with Gasteiger partial charge >= 0.3 is 5.69 Å². The summed E-state index contributed by atoms with van der Waals surface area (Å²) in [6.07, 6.45) is 2.52. The first-order valence-corrected chi connectivity index (χ1v) is 12.1. The highest BCUT2D eigenvalue weighted by Gasteiger charge is 2.29. The van der Waals surface area contributed by atoms with E-state index in [1.807, 2.05) is 22.8 Å². The average molecular weight is 458 g/mol. The summed E-state index contributed by atoms with van der Waals surface area (Å²) in [5, 5.41) is 0.